The fourth-order valence-corrected chi connectivity index (χ4v) is 2.35. The van der Waals surface area contributed by atoms with E-state index in [1.807, 2.05) is 6.92 Å². The Labute approximate surface area is 120 Å². The maximum atomic E-state index is 12.3. The largest absolute Gasteiger partial charge is 0.480 e. The third-order valence-corrected chi connectivity index (χ3v) is 3.35. The van der Waals surface area contributed by atoms with Gasteiger partial charge in [-0.1, -0.05) is 6.92 Å². The molecule has 0 radical (unpaired) electrons. The molecule has 0 spiro atoms. The number of aromatic nitrogens is 2. The summed E-state index contributed by atoms with van der Waals surface area (Å²) in [4.78, 5) is 36.1. The Morgan fingerprint density at radius 1 is 1.43 bits per heavy atom. The molecule has 0 bridgehead atoms. The minimum absolute atomic E-state index is 0.00315. The van der Waals surface area contributed by atoms with Crippen molar-refractivity contribution in [2.75, 3.05) is 6.54 Å². The van der Waals surface area contributed by atoms with Gasteiger partial charge >= 0.3 is 5.97 Å². The van der Waals surface area contributed by atoms with Crippen LogP contribution in [0.15, 0.2) is 16.9 Å². The molecule has 2 N–H and O–H groups in total. The summed E-state index contributed by atoms with van der Waals surface area (Å²) < 4.78 is 1.18. The summed E-state index contributed by atoms with van der Waals surface area (Å²) in [5, 5.41) is 22.6. The molecule has 0 saturated carbocycles. The fourth-order valence-electron chi connectivity index (χ4n) is 2.35. The standard InChI is InChI=1S/C13H17N3O5/c1-2-5-16-11(18)4-3-9(14-16)12(19)15-7-8(17)6-10(15)13(20)21/h3-4,8,10,17H,2,5-7H2,1H3,(H,20,21)/t8?,10-/m0/s1. The van der Waals surface area contributed by atoms with E-state index in [4.69, 9.17) is 5.11 Å². The van der Waals surface area contributed by atoms with Crippen molar-refractivity contribution in [3.05, 3.63) is 28.2 Å². The summed E-state index contributed by atoms with van der Waals surface area (Å²) in [6, 6.07) is 1.44. The van der Waals surface area contributed by atoms with Crippen LogP contribution in [0.3, 0.4) is 0 Å². The highest BCUT2D eigenvalue weighted by Crippen LogP contribution is 2.20. The second kappa shape index (κ2) is 6.04. The first kappa shape index (κ1) is 15.2. The van der Waals surface area contributed by atoms with E-state index in [0.717, 1.165) is 4.90 Å². The highest BCUT2D eigenvalue weighted by molar-refractivity contribution is 5.95. The SMILES string of the molecule is CCCn1nc(C(=O)N2CC(O)C[C@H]2C(=O)O)ccc1=O. The number of aryl methyl sites for hydroxylation is 1. The number of likely N-dealkylation sites (tertiary alicyclic amines) is 1. The van der Waals surface area contributed by atoms with E-state index in [-0.39, 0.29) is 24.2 Å². The molecule has 8 heteroatoms. The van der Waals surface area contributed by atoms with Crippen LogP contribution >= 0.6 is 0 Å². The summed E-state index contributed by atoms with van der Waals surface area (Å²) in [5.74, 6) is -1.76. The lowest BCUT2D eigenvalue weighted by Crippen LogP contribution is -2.41. The van der Waals surface area contributed by atoms with E-state index in [9.17, 15) is 19.5 Å². The van der Waals surface area contributed by atoms with Gasteiger partial charge in [-0.05, 0) is 12.5 Å². The molecule has 1 amide bonds. The second-order valence-electron chi connectivity index (χ2n) is 4.98. The van der Waals surface area contributed by atoms with Crippen molar-refractivity contribution in [3.63, 3.8) is 0 Å². The van der Waals surface area contributed by atoms with E-state index in [1.165, 1.54) is 16.8 Å². The average molecular weight is 295 g/mol. The topological polar surface area (TPSA) is 113 Å². The van der Waals surface area contributed by atoms with Crippen LogP contribution in [0.4, 0.5) is 0 Å². The molecule has 1 aromatic rings. The minimum atomic E-state index is -1.17. The Bertz CT molecular complexity index is 612. The lowest BCUT2D eigenvalue weighted by Gasteiger charge is -2.20. The fraction of sp³-hybridized carbons (Fsp3) is 0.538. The molecule has 2 heterocycles. The number of carbonyl (C=O) groups excluding carboxylic acids is 1. The van der Waals surface area contributed by atoms with E-state index in [1.54, 1.807) is 0 Å². The van der Waals surface area contributed by atoms with Crippen molar-refractivity contribution in [2.45, 2.75) is 38.5 Å². The van der Waals surface area contributed by atoms with Gasteiger partial charge in [0.2, 0.25) is 0 Å². The van der Waals surface area contributed by atoms with Crippen LogP contribution in [0.1, 0.15) is 30.3 Å². The molecule has 0 aromatic carbocycles. The second-order valence-corrected chi connectivity index (χ2v) is 4.98. The maximum Gasteiger partial charge on any atom is 0.326 e. The Balaban J connectivity index is 2.29. The van der Waals surface area contributed by atoms with Gasteiger partial charge in [-0.2, -0.15) is 5.10 Å². The number of amides is 1. The van der Waals surface area contributed by atoms with Gasteiger partial charge in [-0.3, -0.25) is 9.59 Å². The predicted molar refractivity (Wildman–Crippen MR) is 71.9 cm³/mol. The summed E-state index contributed by atoms with van der Waals surface area (Å²) in [7, 11) is 0. The average Bonchev–Trinajstić information content (AvgIpc) is 2.83. The summed E-state index contributed by atoms with van der Waals surface area (Å²) in [6.07, 6.45) is -0.183. The predicted octanol–water partition coefficient (Wildman–Crippen LogP) is -0.687. The van der Waals surface area contributed by atoms with E-state index in [0.29, 0.717) is 13.0 Å². The Morgan fingerprint density at radius 3 is 2.76 bits per heavy atom. The zero-order chi connectivity index (χ0) is 15.6. The van der Waals surface area contributed by atoms with Crippen LogP contribution in [0.5, 0.6) is 0 Å². The maximum absolute atomic E-state index is 12.3. The normalized spacial score (nSPS) is 21.5. The third-order valence-electron chi connectivity index (χ3n) is 3.35. The number of β-amino-alcohol motifs (C(OH)–C–C–N with tert-alkyl or cyclic N) is 1. The van der Waals surface area contributed by atoms with Crippen molar-refractivity contribution < 1.29 is 19.8 Å². The number of hydrogen-bond donors (Lipinski definition) is 2. The van der Waals surface area contributed by atoms with E-state index in [2.05, 4.69) is 5.10 Å². The number of carboxylic acids is 1. The van der Waals surface area contributed by atoms with Gasteiger partial charge in [0, 0.05) is 25.6 Å². The van der Waals surface area contributed by atoms with Crippen LogP contribution in [0.2, 0.25) is 0 Å². The van der Waals surface area contributed by atoms with Crippen LogP contribution in [-0.4, -0.2) is 55.5 Å². The zero-order valence-electron chi connectivity index (χ0n) is 11.6. The van der Waals surface area contributed by atoms with Crippen molar-refractivity contribution >= 4 is 11.9 Å². The van der Waals surface area contributed by atoms with Crippen LogP contribution in [-0.2, 0) is 11.3 Å². The molecule has 1 aromatic heterocycles. The highest BCUT2D eigenvalue weighted by atomic mass is 16.4. The van der Waals surface area contributed by atoms with Crippen molar-refractivity contribution in [3.8, 4) is 0 Å². The first-order chi connectivity index (χ1) is 9.93. The lowest BCUT2D eigenvalue weighted by molar-refractivity contribution is -0.141. The van der Waals surface area contributed by atoms with Crippen molar-refractivity contribution in [2.24, 2.45) is 0 Å². The Hall–Kier alpha value is -2.22. The monoisotopic (exact) mass is 295 g/mol. The molecule has 114 valence electrons. The van der Waals surface area contributed by atoms with Gasteiger partial charge < -0.3 is 15.1 Å². The number of nitrogens with zero attached hydrogens (tertiary/aromatic N) is 3. The van der Waals surface area contributed by atoms with Gasteiger partial charge in [-0.25, -0.2) is 9.48 Å². The summed E-state index contributed by atoms with van der Waals surface area (Å²) >= 11 is 0. The first-order valence-corrected chi connectivity index (χ1v) is 6.74. The smallest absolute Gasteiger partial charge is 0.326 e. The molecule has 1 aliphatic heterocycles. The Kier molecular flexibility index (Phi) is 4.37. The van der Waals surface area contributed by atoms with Crippen molar-refractivity contribution in [1.82, 2.24) is 14.7 Å². The number of rotatable bonds is 4. The minimum Gasteiger partial charge on any atom is -0.480 e. The lowest BCUT2D eigenvalue weighted by atomic mass is 10.2. The molecule has 1 fully saturated rings. The number of hydrogen-bond acceptors (Lipinski definition) is 5. The molecule has 0 aliphatic carbocycles. The van der Waals surface area contributed by atoms with Gasteiger partial charge in [0.15, 0.2) is 0 Å². The van der Waals surface area contributed by atoms with Crippen molar-refractivity contribution in [1.29, 1.82) is 0 Å². The molecule has 1 aliphatic rings. The quantitative estimate of drug-likeness (QED) is 0.760. The highest BCUT2D eigenvalue weighted by Gasteiger charge is 2.39. The van der Waals surface area contributed by atoms with Gasteiger partial charge in [-0.15, -0.1) is 0 Å². The third kappa shape index (κ3) is 3.10. The molecule has 2 rings (SSSR count). The number of aliphatic hydroxyl groups excluding tert-OH is 1. The molecular formula is C13H17N3O5. The Morgan fingerprint density at radius 2 is 2.14 bits per heavy atom. The van der Waals surface area contributed by atoms with E-state index >= 15 is 0 Å². The summed E-state index contributed by atoms with van der Waals surface area (Å²) in [5.41, 5.74) is -0.312. The molecule has 2 atom stereocenters. The van der Waals surface area contributed by atoms with Crippen LogP contribution in [0.25, 0.3) is 0 Å². The van der Waals surface area contributed by atoms with Gasteiger partial charge in [0.1, 0.15) is 11.7 Å². The number of aliphatic hydroxyl groups is 1. The molecule has 21 heavy (non-hydrogen) atoms. The van der Waals surface area contributed by atoms with Gasteiger partial charge in [0.05, 0.1) is 6.10 Å². The van der Waals surface area contributed by atoms with E-state index < -0.39 is 24.0 Å². The van der Waals surface area contributed by atoms with Gasteiger partial charge in [0.25, 0.3) is 11.5 Å². The molecule has 1 unspecified atom stereocenters. The molecule has 1 saturated heterocycles. The molecule has 8 nitrogen and oxygen atoms in total. The number of carboxylic acid groups (broad SMARTS) is 1. The molecular weight excluding hydrogens is 278 g/mol. The zero-order valence-corrected chi connectivity index (χ0v) is 11.6. The number of aliphatic carboxylic acids is 1. The van der Waals surface area contributed by atoms with Crippen LogP contribution in [0, 0.1) is 0 Å². The van der Waals surface area contributed by atoms with Crippen LogP contribution < -0.4 is 5.56 Å². The first-order valence-electron chi connectivity index (χ1n) is 6.74. The number of carbonyl (C=O) groups is 2. The summed E-state index contributed by atoms with van der Waals surface area (Å²) in [6.45, 7) is 2.20.